The molecule has 1 aliphatic heterocycles. The molecule has 0 fully saturated rings. The number of anilines is 1. The molecule has 0 atom stereocenters. The second-order valence-corrected chi connectivity index (χ2v) is 7.92. The van der Waals surface area contributed by atoms with Crippen LogP contribution in [-0.2, 0) is 4.79 Å². The second-order valence-electron chi connectivity index (χ2n) is 6.83. The molecule has 0 bridgehead atoms. The molecule has 2 aromatic rings. The van der Waals surface area contributed by atoms with Crippen LogP contribution in [0.4, 0.5) is 5.69 Å². The van der Waals surface area contributed by atoms with Gasteiger partial charge in [0.1, 0.15) is 5.75 Å². The van der Waals surface area contributed by atoms with E-state index in [0.717, 1.165) is 35.8 Å². The van der Waals surface area contributed by atoms with Crippen molar-refractivity contribution in [3.8, 4) is 5.75 Å². The van der Waals surface area contributed by atoms with E-state index in [0.29, 0.717) is 22.7 Å². The average molecular weight is 426 g/mol. The SMILES string of the molecule is CCN(CC)CCNC(=O)c1ccc2c(c1)NC(=O)C(=Cc1ccc(OC)cc1)S2. The van der Waals surface area contributed by atoms with Crippen molar-refractivity contribution < 1.29 is 14.3 Å². The summed E-state index contributed by atoms with van der Waals surface area (Å²) in [7, 11) is 1.62. The van der Waals surface area contributed by atoms with Crippen LogP contribution in [0.2, 0.25) is 0 Å². The van der Waals surface area contributed by atoms with E-state index < -0.39 is 0 Å². The minimum atomic E-state index is -0.178. The summed E-state index contributed by atoms with van der Waals surface area (Å²) in [6.07, 6.45) is 1.84. The van der Waals surface area contributed by atoms with Gasteiger partial charge in [0.25, 0.3) is 11.8 Å². The highest BCUT2D eigenvalue weighted by Crippen LogP contribution is 2.39. The molecule has 158 valence electrons. The molecule has 0 aromatic heterocycles. The molecular weight excluding hydrogens is 398 g/mol. The Bertz CT molecular complexity index is 937. The van der Waals surface area contributed by atoms with Crippen LogP contribution < -0.4 is 15.4 Å². The highest BCUT2D eigenvalue weighted by atomic mass is 32.2. The minimum absolute atomic E-state index is 0.135. The maximum Gasteiger partial charge on any atom is 0.262 e. The molecule has 30 heavy (non-hydrogen) atoms. The lowest BCUT2D eigenvalue weighted by atomic mass is 10.1. The summed E-state index contributed by atoms with van der Waals surface area (Å²) in [6, 6.07) is 12.9. The number of thioether (sulfide) groups is 1. The molecular formula is C23H27N3O3S. The predicted molar refractivity (Wildman–Crippen MR) is 122 cm³/mol. The average Bonchev–Trinajstić information content (AvgIpc) is 2.77. The third-order valence-corrected chi connectivity index (χ3v) is 6.05. The normalized spacial score (nSPS) is 14.4. The number of hydrogen-bond donors (Lipinski definition) is 2. The summed E-state index contributed by atoms with van der Waals surface area (Å²) in [4.78, 5) is 28.8. The van der Waals surface area contributed by atoms with Crippen LogP contribution in [0.1, 0.15) is 29.8 Å². The van der Waals surface area contributed by atoms with E-state index in [1.807, 2.05) is 36.4 Å². The number of fused-ring (bicyclic) bond motifs is 1. The number of amides is 2. The topological polar surface area (TPSA) is 70.7 Å². The Kier molecular flexibility index (Phi) is 7.54. The lowest BCUT2D eigenvalue weighted by molar-refractivity contribution is -0.112. The Hall–Kier alpha value is -2.77. The van der Waals surface area contributed by atoms with Gasteiger partial charge in [-0.2, -0.15) is 0 Å². The molecule has 1 heterocycles. The van der Waals surface area contributed by atoms with E-state index in [4.69, 9.17) is 4.74 Å². The van der Waals surface area contributed by atoms with Gasteiger partial charge in [0.2, 0.25) is 0 Å². The number of benzene rings is 2. The van der Waals surface area contributed by atoms with Gasteiger partial charge >= 0.3 is 0 Å². The van der Waals surface area contributed by atoms with E-state index in [9.17, 15) is 9.59 Å². The van der Waals surface area contributed by atoms with Crippen molar-refractivity contribution in [3.05, 3.63) is 58.5 Å². The number of likely N-dealkylation sites (N-methyl/N-ethyl adjacent to an activating group) is 1. The predicted octanol–water partition coefficient (Wildman–Crippen LogP) is 3.85. The van der Waals surface area contributed by atoms with Gasteiger partial charge in [0.15, 0.2) is 0 Å². The zero-order valence-electron chi connectivity index (χ0n) is 17.5. The molecule has 3 rings (SSSR count). The van der Waals surface area contributed by atoms with Gasteiger partial charge in [-0.25, -0.2) is 0 Å². The summed E-state index contributed by atoms with van der Waals surface area (Å²) < 4.78 is 5.16. The van der Waals surface area contributed by atoms with Crippen LogP contribution in [0.3, 0.4) is 0 Å². The fourth-order valence-corrected chi connectivity index (χ4v) is 4.05. The number of hydrogen-bond acceptors (Lipinski definition) is 5. The zero-order valence-corrected chi connectivity index (χ0v) is 18.3. The van der Waals surface area contributed by atoms with Gasteiger partial charge < -0.3 is 20.3 Å². The Morgan fingerprint density at radius 3 is 2.57 bits per heavy atom. The number of nitrogens with one attached hydrogen (secondary N) is 2. The van der Waals surface area contributed by atoms with Crippen LogP contribution in [0.5, 0.6) is 5.75 Å². The molecule has 0 spiro atoms. The molecule has 2 amide bonds. The van der Waals surface area contributed by atoms with Crippen LogP contribution in [0.15, 0.2) is 52.3 Å². The first-order valence-electron chi connectivity index (χ1n) is 10.0. The fraction of sp³-hybridized carbons (Fsp3) is 0.304. The third kappa shape index (κ3) is 5.43. The van der Waals surface area contributed by atoms with E-state index in [1.54, 1.807) is 19.2 Å². The maximum atomic E-state index is 12.5. The summed E-state index contributed by atoms with van der Waals surface area (Å²) in [6.45, 7) is 7.53. The Morgan fingerprint density at radius 2 is 1.90 bits per heavy atom. The van der Waals surface area contributed by atoms with Gasteiger partial charge in [-0.05, 0) is 55.1 Å². The first-order valence-corrected chi connectivity index (χ1v) is 10.8. The number of carbonyl (C=O) groups excluding carboxylic acids is 2. The molecule has 0 saturated heterocycles. The van der Waals surface area contributed by atoms with Gasteiger partial charge in [0.05, 0.1) is 17.7 Å². The molecule has 0 radical (unpaired) electrons. The third-order valence-electron chi connectivity index (χ3n) is 4.96. The van der Waals surface area contributed by atoms with E-state index in [-0.39, 0.29) is 11.8 Å². The Balaban J connectivity index is 1.67. The van der Waals surface area contributed by atoms with Gasteiger partial charge in [-0.15, -0.1) is 0 Å². The molecule has 0 aliphatic carbocycles. The minimum Gasteiger partial charge on any atom is -0.497 e. The number of ether oxygens (including phenoxy) is 1. The lowest BCUT2D eigenvalue weighted by Gasteiger charge is -2.20. The van der Waals surface area contributed by atoms with Gasteiger partial charge in [-0.1, -0.05) is 37.7 Å². The monoisotopic (exact) mass is 425 g/mol. The van der Waals surface area contributed by atoms with Gasteiger partial charge in [-0.3, -0.25) is 9.59 Å². The summed E-state index contributed by atoms with van der Waals surface area (Å²) in [5, 5.41) is 5.84. The van der Waals surface area contributed by atoms with Crippen molar-refractivity contribution in [2.24, 2.45) is 0 Å². The van der Waals surface area contributed by atoms with Crippen molar-refractivity contribution in [3.63, 3.8) is 0 Å². The summed E-state index contributed by atoms with van der Waals surface area (Å²) in [5.41, 5.74) is 2.12. The summed E-state index contributed by atoms with van der Waals surface area (Å²) >= 11 is 1.40. The standard InChI is InChI=1S/C23H27N3O3S/c1-4-26(5-2)13-12-24-22(27)17-8-11-20-19(15-17)25-23(28)21(30-20)14-16-6-9-18(29-3)10-7-16/h6-11,14-15H,4-5,12-13H2,1-3H3,(H,24,27)(H,25,28). The first kappa shape index (κ1) is 21.9. The fourth-order valence-electron chi connectivity index (χ4n) is 3.12. The van der Waals surface area contributed by atoms with E-state index >= 15 is 0 Å². The van der Waals surface area contributed by atoms with Crippen LogP contribution >= 0.6 is 11.8 Å². The molecule has 0 saturated carbocycles. The lowest BCUT2D eigenvalue weighted by Crippen LogP contribution is -2.34. The maximum absolute atomic E-state index is 12.5. The Morgan fingerprint density at radius 1 is 1.17 bits per heavy atom. The van der Waals surface area contributed by atoms with E-state index in [2.05, 4.69) is 29.4 Å². The first-order chi connectivity index (χ1) is 14.5. The van der Waals surface area contributed by atoms with Gasteiger partial charge in [0, 0.05) is 23.5 Å². The number of nitrogens with zero attached hydrogens (tertiary/aromatic N) is 1. The van der Waals surface area contributed by atoms with Crippen LogP contribution in [0.25, 0.3) is 6.08 Å². The van der Waals surface area contributed by atoms with Crippen LogP contribution in [0, 0.1) is 0 Å². The molecule has 2 aromatic carbocycles. The van der Waals surface area contributed by atoms with E-state index in [1.165, 1.54) is 11.8 Å². The van der Waals surface area contributed by atoms with Crippen molar-refractivity contribution >= 4 is 35.3 Å². The number of methoxy groups -OCH3 is 1. The Labute approximate surface area is 181 Å². The molecule has 6 nitrogen and oxygen atoms in total. The molecule has 0 unspecified atom stereocenters. The highest BCUT2D eigenvalue weighted by molar-refractivity contribution is 8.04. The number of carbonyl (C=O) groups is 2. The highest BCUT2D eigenvalue weighted by Gasteiger charge is 2.22. The van der Waals surface area contributed by atoms with Crippen LogP contribution in [-0.4, -0.2) is 50.0 Å². The van der Waals surface area contributed by atoms with Crippen molar-refractivity contribution in [1.29, 1.82) is 0 Å². The molecule has 1 aliphatic rings. The summed E-state index contributed by atoms with van der Waals surface area (Å²) in [5.74, 6) is 0.456. The molecule has 2 N–H and O–H groups in total. The van der Waals surface area contributed by atoms with Crippen molar-refractivity contribution in [2.75, 3.05) is 38.6 Å². The zero-order chi connectivity index (χ0) is 21.5. The second kappa shape index (κ2) is 10.3. The smallest absolute Gasteiger partial charge is 0.262 e. The molecule has 7 heteroatoms. The van der Waals surface area contributed by atoms with Crippen molar-refractivity contribution in [1.82, 2.24) is 10.2 Å². The largest absolute Gasteiger partial charge is 0.497 e. The number of rotatable bonds is 8. The van der Waals surface area contributed by atoms with Crippen molar-refractivity contribution in [2.45, 2.75) is 18.7 Å². The quantitative estimate of drug-likeness (QED) is 0.629.